The van der Waals surface area contributed by atoms with E-state index < -0.39 is 10.0 Å². The van der Waals surface area contributed by atoms with Crippen molar-refractivity contribution in [3.05, 3.63) is 59.0 Å². The number of para-hydroxylation sites is 1. The Balaban J connectivity index is 1.74. The maximum absolute atomic E-state index is 12.3. The molecule has 0 aliphatic carbocycles. The number of thiophene rings is 1. The summed E-state index contributed by atoms with van der Waals surface area (Å²) in [6.45, 7) is 3.84. The Morgan fingerprint density at radius 2 is 1.62 bits per heavy atom. The number of benzene rings is 1. The topological polar surface area (TPSA) is 84.0 Å². The zero-order valence-corrected chi connectivity index (χ0v) is 14.8. The lowest BCUT2D eigenvalue weighted by Gasteiger charge is -2.09. The zero-order valence-electron chi connectivity index (χ0n) is 13.1. The fourth-order valence-electron chi connectivity index (χ4n) is 2.05. The van der Waals surface area contributed by atoms with E-state index in [1.165, 1.54) is 11.3 Å². The maximum Gasteiger partial charge on any atom is 0.272 e. The van der Waals surface area contributed by atoms with Crippen LogP contribution in [0, 0.1) is 13.8 Å². The quantitative estimate of drug-likeness (QED) is 0.725. The lowest BCUT2D eigenvalue weighted by atomic mass is 10.2. The van der Waals surface area contributed by atoms with Gasteiger partial charge in [0, 0.05) is 10.6 Å². The zero-order chi connectivity index (χ0) is 17.2. The van der Waals surface area contributed by atoms with Crippen LogP contribution in [0.3, 0.4) is 0 Å². The van der Waals surface area contributed by atoms with Gasteiger partial charge in [-0.3, -0.25) is 4.72 Å². The summed E-state index contributed by atoms with van der Waals surface area (Å²) in [5.41, 5.74) is 2.01. The highest BCUT2D eigenvalue weighted by molar-refractivity contribution is 7.94. The van der Waals surface area contributed by atoms with E-state index in [0.29, 0.717) is 5.82 Å². The van der Waals surface area contributed by atoms with Crippen molar-refractivity contribution in [1.29, 1.82) is 0 Å². The number of sulfonamides is 1. The molecule has 0 saturated carbocycles. The molecule has 1 aromatic carbocycles. The molecule has 124 valence electrons. The van der Waals surface area contributed by atoms with E-state index in [0.717, 1.165) is 16.1 Å². The van der Waals surface area contributed by atoms with E-state index in [9.17, 15) is 8.42 Å². The molecule has 2 aromatic heterocycles. The summed E-state index contributed by atoms with van der Waals surface area (Å²) >= 11 is 1.21. The second kappa shape index (κ2) is 6.58. The molecule has 0 fully saturated rings. The number of hydrogen-bond acceptors (Lipinski definition) is 6. The van der Waals surface area contributed by atoms with Gasteiger partial charge in [0.2, 0.25) is 0 Å². The molecule has 2 N–H and O–H groups in total. The van der Waals surface area contributed by atoms with Gasteiger partial charge in [-0.1, -0.05) is 18.2 Å². The van der Waals surface area contributed by atoms with Crippen LogP contribution in [0.4, 0.5) is 17.3 Å². The van der Waals surface area contributed by atoms with Crippen molar-refractivity contribution in [3.8, 4) is 0 Å². The summed E-state index contributed by atoms with van der Waals surface area (Å²) in [6, 6.07) is 14.4. The SMILES string of the molecule is Cc1ccc(S(=O)(=O)Nc2ccc(Nc3ccccc3C)nn2)s1. The highest BCUT2D eigenvalue weighted by Gasteiger charge is 2.17. The van der Waals surface area contributed by atoms with Gasteiger partial charge in [-0.05, 0) is 49.7 Å². The number of anilines is 3. The second-order valence-corrected chi connectivity index (χ2v) is 8.41. The molecular formula is C16H16N4O2S2. The minimum absolute atomic E-state index is 0.177. The van der Waals surface area contributed by atoms with Gasteiger partial charge in [-0.25, -0.2) is 8.42 Å². The number of nitrogens with zero attached hydrogens (tertiary/aromatic N) is 2. The van der Waals surface area contributed by atoms with Gasteiger partial charge >= 0.3 is 0 Å². The molecule has 0 saturated heterocycles. The molecule has 3 aromatic rings. The molecule has 0 unspecified atom stereocenters. The molecule has 0 amide bonds. The molecule has 2 heterocycles. The molecule has 0 atom stereocenters. The molecule has 0 bridgehead atoms. The molecule has 6 nitrogen and oxygen atoms in total. The van der Waals surface area contributed by atoms with Crippen LogP contribution in [0.15, 0.2) is 52.7 Å². The van der Waals surface area contributed by atoms with Crippen LogP contribution in [0.1, 0.15) is 10.4 Å². The van der Waals surface area contributed by atoms with E-state index >= 15 is 0 Å². The number of aromatic nitrogens is 2. The first kappa shape index (κ1) is 16.4. The lowest BCUT2D eigenvalue weighted by molar-refractivity contribution is 0.603. The number of aryl methyl sites for hydroxylation is 2. The largest absolute Gasteiger partial charge is 0.339 e. The molecule has 8 heteroatoms. The van der Waals surface area contributed by atoms with Gasteiger partial charge in [-0.2, -0.15) is 0 Å². The minimum Gasteiger partial charge on any atom is -0.339 e. The van der Waals surface area contributed by atoms with Gasteiger partial charge in [0.1, 0.15) is 4.21 Å². The third-order valence-corrected chi connectivity index (χ3v) is 6.14. The van der Waals surface area contributed by atoms with E-state index in [1.807, 2.05) is 38.1 Å². The first-order chi connectivity index (χ1) is 11.4. The van der Waals surface area contributed by atoms with Crippen LogP contribution in [0.5, 0.6) is 0 Å². The summed E-state index contributed by atoms with van der Waals surface area (Å²) in [7, 11) is -3.63. The van der Waals surface area contributed by atoms with Crippen molar-refractivity contribution in [2.75, 3.05) is 10.0 Å². The predicted octanol–water partition coefficient (Wildman–Crippen LogP) is 3.70. The Hall–Kier alpha value is -2.45. The van der Waals surface area contributed by atoms with Crippen LogP contribution in [-0.4, -0.2) is 18.6 Å². The Morgan fingerprint density at radius 3 is 2.25 bits per heavy atom. The smallest absolute Gasteiger partial charge is 0.272 e. The molecule has 0 aliphatic heterocycles. The molecule has 0 spiro atoms. The van der Waals surface area contributed by atoms with Crippen molar-refractivity contribution in [2.45, 2.75) is 18.1 Å². The maximum atomic E-state index is 12.3. The normalized spacial score (nSPS) is 11.2. The highest BCUT2D eigenvalue weighted by atomic mass is 32.2. The third kappa shape index (κ3) is 3.72. The minimum atomic E-state index is -3.63. The van der Waals surface area contributed by atoms with Gasteiger partial charge in [-0.15, -0.1) is 21.5 Å². The average molecular weight is 360 g/mol. The van der Waals surface area contributed by atoms with Crippen molar-refractivity contribution in [1.82, 2.24) is 10.2 Å². The van der Waals surface area contributed by atoms with Crippen LogP contribution in [0.2, 0.25) is 0 Å². The predicted molar refractivity (Wildman–Crippen MR) is 96.4 cm³/mol. The summed E-state index contributed by atoms with van der Waals surface area (Å²) in [5, 5.41) is 11.1. The Bertz CT molecular complexity index is 950. The fourth-order valence-corrected chi connectivity index (χ4v) is 4.33. The van der Waals surface area contributed by atoms with Gasteiger partial charge < -0.3 is 5.32 Å². The van der Waals surface area contributed by atoms with Gasteiger partial charge in [0.15, 0.2) is 11.6 Å². The van der Waals surface area contributed by atoms with Gasteiger partial charge in [0.05, 0.1) is 0 Å². The molecule has 0 aliphatic rings. The molecular weight excluding hydrogens is 344 g/mol. The first-order valence-electron chi connectivity index (χ1n) is 7.20. The summed E-state index contributed by atoms with van der Waals surface area (Å²) < 4.78 is 27.2. The highest BCUT2D eigenvalue weighted by Crippen LogP contribution is 2.23. The molecule has 24 heavy (non-hydrogen) atoms. The van der Waals surface area contributed by atoms with Crippen LogP contribution in [-0.2, 0) is 10.0 Å². The number of nitrogens with one attached hydrogen (secondary N) is 2. The standard InChI is InChI=1S/C16H16N4O2S2/c1-11-5-3-4-6-13(11)17-14-8-9-15(19-18-14)20-24(21,22)16-10-7-12(2)23-16/h3-10H,1-2H3,(H,17,18)(H,19,20). The van der Waals surface area contributed by atoms with Crippen LogP contribution >= 0.6 is 11.3 Å². The molecule has 0 radical (unpaired) electrons. The van der Waals surface area contributed by atoms with Crippen molar-refractivity contribution in [3.63, 3.8) is 0 Å². The second-order valence-electron chi connectivity index (χ2n) is 5.21. The number of rotatable bonds is 5. The van der Waals surface area contributed by atoms with E-state index in [2.05, 4.69) is 20.2 Å². The molecule has 3 rings (SSSR count). The van der Waals surface area contributed by atoms with Crippen LogP contribution in [0.25, 0.3) is 0 Å². The summed E-state index contributed by atoms with van der Waals surface area (Å²) in [4.78, 5) is 0.930. The first-order valence-corrected chi connectivity index (χ1v) is 9.50. The van der Waals surface area contributed by atoms with E-state index in [-0.39, 0.29) is 10.0 Å². The Morgan fingerprint density at radius 1 is 0.917 bits per heavy atom. The summed E-state index contributed by atoms with van der Waals surface area (Å²) in [5.74, 6) is 0.718. The third-order valence-electron chi connectivity index (χ3n) is 3.29. The van der Waals surface area contributed by atoms with Crippen molar-refractivity contribution < 1.29 is 8.42 Å². The van der Waals surface area contributed by atoms with E-state index in [1.54, 1.807) is 24.3 Å². The van der Waals surface area contributed by atoms with E-state index in [4.69, 9.17) is 0 Å². The summed E-state index contributed by atoms with van der Waals surface area (Å²) in [6.07, 6.45) is 0. The number of hydrogen-bond donors (Lipinski definition) is 2. The van der Waals surface area contributed by atoms with Crippen LogP contribution < -0.4 is 10.0 Å². The van der Waals surface area contributed by atoms with Gasteiger partial charge in [0.25, 0.3) is 10.0 Å². The Kier molecular flexibility index (Phi) is 4.50. The fraction of sp³-hybridized carbons (Fsp3) is 0.125. The Labute approximate surface area is 144 Å². The average Bonchev–Trinajstić information content (AvgIpc) is 2.99. The van der Waals surface area contributed by atoms with Crippen molar-refractivity contribution in [2.24, 2.45) is 0 Å². The monoisotopic (exact) mass is 360 g/mol. The lowest BCUT2D eigenvalue weighted by Crippen LogP contribution is -2.13. The van der Waals surface area contributed by atoms with Crippen molar-refractivity contribution >= 4 is 38.7 Å².